The van der Waals surface area contributed by atoms with Crippen LogP contribution in [0, 0.1) is 5.92 Å². The molecule has 5 unspecified atom stereocenters. The van der Waals surface area contributed by atoms with Gasteiger partial charge in [-0.25, -0.2) is 4.79 Å². The number of aliphatic hydroxyl groups is 1. The fourth-order valence-electron chi connectivity index (χ4n) is 2.67. The molecule has 0 heterocycles. The largest absolute Gasteiger partial charge is 0.480 e. The number of amides is 3. The number of hydrogen-bond acceptors (Lipinski definition) is 7. The number of nitrogens with zero attached hydrogens (tertiary/aromatic N) is 1. The SMILES string of the molecule is CC(C)CC(NC(=O)C(C)NC(=O)C(NC(=O)C(N)CCCN=C(N)N)C(C)O)C(=O)O. The van der Waals surface area contributed by atoms with E-state index in [1.807, 2.05) is 13.8 Å². The van der Waals surface area contributed by atoms with Gasteiger partial charge in [-0.15, -0.1) is 0 Å². The van der Waals surface area contributed by atoms with E-state index in [9.17, 15) is 29.4 Å². The maximum atomic E-state index is 12.5. The Morgan fingerprint density at radius 3 is 2.00 bits per heavy atom. The molecule has 13 heteroatoms. The normalized spacial score (nSPS) is 15.6. The minimum Gasteiger partial charge on any atom is -0.480 e. The van der Waals surface area contributed by atoms with Crippen molar-refractivity contribution in [3.63, 3.8) is 0 Å². The molecule has 32 heavy (non-hydrogen) atoms. The van der Waals surface area contributed by atoms with Gasteiger partial charge in [0.05, 0.1) is 12.1 Å². The minimum absolute atomic E-state index is 0.0276. The van der Waals surface area contributed by atoms with E-state index in [4.69, 9.17) is 17.2 Å². The number of hydrogen-bond donors (Lipinski definition) is 8. The third-order valence-corrected chi connectivity index (χ3v) is 4.44. The molecule has 0 aromatic heterocycles. The fourth-order valence-corrected chi connectivity index (χ4v) is 2.67. The Kier molecular flexibility index (Phi) is 12.9. The van der Waals surface area contributed by atoms with Crippen molar-refractivity contribution in [1.29, 1.82) is 0 Å². The molecule has 0 rings (SSSR count). The summed E-state index contributed by atoms with van der Waals surface area (Å²) in [6.07, 6.45) is -0.399. The van der Waals surface area contributed by atoms with Gasteiger partial charge in [0.25, 0.3) is 0 Å². The Morgan fingerprint density at radius 2 is 1.53 bits per heavy atom. The number of carboxylic acids is 1. The second-order valence-electron chi connectivity index (χ2n) is 8.04. The number of carboxylic acid groups (broad SMARTS) is 1. The summed E-state index contributed by atoms with van der Waals surface area (Å²) in [7, 11) is 0. The quantitative estimate of drug-likeness (QED) is 0.0768. The summed E-state index contributed by atoms with van der Waals surface area (Å²) < 4.78 is 0. The van der Waals surface area contributed by atoms with Gasteiger partial charge in [0, 0.05) is 6.54 Å². The van der Waals surface area contributed by atoms with Crippen molar-refractivity contribution in [2.45, 2.75) is 77.2 Å². The Morgan fingerprint density at radius 1 is 0.938 bits per heavy atom. The smallest absolute Gasteiger partial charge is 0.326 e. The van der Waals surface area contributed by atoms with Crippen molar-refractivity contribution >= 4 is 29.7 Å². The number of aliphatic imine (C=N–C) groups is 1. The van der Waals surface area contributed by atoms with Crippen LogP contribution in [0.15, 0.2) is 4.99 Å². The number of aliphatic carboxylic acids is 1. The minimum atomic E-state index is -1.37. The van der Waals surface area contributed by atoms with Gasteiger partial charge in [-0.2, -0.15) is 0 Å². The molecule has 0 saturated carbocycles. The standard InChI is InChI=1S/C19H37N7O6/c1-9(2)8-13(18(31)32)25-15(28)10(3)24-17(30)14(11(4)27)26-16(29)12(20)6-5-7-23-19(21)22/h9-14,27H,5-8,20H2,1-4H3,(H,24,30)(H,25,28)(H,26,29)(H,31,32)(H4,21,22,23). The summed E-state index contributed by atoms with van der Waals surface area (Å²) in [6, 6.07) is -4.55. The average molecular weight is 460 g/mol. The van der Waals surface area contributed by atoms with Crippen LogP contribution >= 0.6 is 0 Å². The molecule has 184 valence electrons. The number of carbonyl (C=O) groups is 4. The summed E-state index contributed by atoms with van der Waals surface area (Å²) in [6.45, 7) is 6.56. The molecule has 0 aromatic rings. The Hall–Kier alpha value is -2.93. The number of aliphatic hydroxyl groups excluding tert-OH is 1. The molecular weight excluding hydrogens is 422 g/mol. The van der Waals surface area contributed by atoms with Gasteiger partial charge in [0.15, 0.2) is 5.96 Å². The molecule has 0 spiro atoms. The van der Waals surface area contributed by atoms with E-state index in [0.717, 1.165) is 0 Å². The maximum absolute atomic E-state index is 12.5. The van der Waals surface area contributed by atoms with E-state index < -0.39 is 54.0 Å². The van der Waals surface area contributed by atoms with Crippen LogP contribution in [0.4, 0.5) is 0 Å². The van der Waals surface area contributed by atoms with Crippen LogP contribution in [0.1, 0.15) is 47.0 Å². The Balaban J connectivity index is 4.90. The van der Waals surface area contributed by atoms with Gasteiger partial charge in [-0.3, -0.25) is 19.4 Å². The predicted molar refractivity (Wildman–Crippen MR) is 118 cm³/mol. The summed E-state index contributed by atoms with van der Waals surface area (Å²) in [5, 5.41) is 26.2. The molecule has 5 atom stereocenters. The second-order valence-corrected chi connectivity index (χ2v) is 8.04. The highest BCUT2D eigenvalue weighted by molar-refractivity contribution is 5.94. The van der Waals surface area contributed by atoms with E-state index in [0.29, 0.717) is 6.42 Å². The van der Waals surface area contributed by atoms with E-state index >= 15 is 0 Å². The number of nitrogens with one attached hydrogen (secondary N) is 3. The maximum Gasteiger partial charge on any atom is 0.326 e. The van der Waals surface area contributed by atoms with Crippen molar-refractivity contribution in [3.8, 4) is 0 Å². The Labute approximate surface area is 187 Å². The molecule has 0 aliphatic rings. The lowest BCUT2D eigenvalue weighted by Crippen LogP contribution is -2.59. The number of guanidine groups is 1. The van der Waals surface area contributed by atoms with Gasteiger partial charge in [-0.05, 0) is 39.0 Å². The first-order valence-electron chi connectivity index (χ1n) is 10.4. The molecule has 3 amide bonds. The highest BCUT2D eigenvalue weighted by Crippen LogP contribution is 2.05. The van der Waals surface area contributed by atoms with Crippen LogP contribution in [-0.4, -0.2) is 76.7 Å². The number of nitrogens with two attached hydrogens (primary N) is 3. The van der Waals surface area contributed by atoms with E-state index in [1.54, 1.807) is 0 Å². The molecule has 0 bridgehead atoms. The molecule has 13 nitrogen and oxygen atoms in total. The highest BCUT2D eigenvalue weighted by Gasteiger charge is 2.30. The van der Waals surface area contributed by atoms with Crippen molar-refractivity contribution in [2.75, 3.05) is 6.54 Å². The molecule has 0 fully saturated rings. The van der Waals surface area contributed by atoms with Crippen molar-refractivity contribution in [3.05, 3.63) is 0 Å². The summed E-state index contributed by atoms with van der Waals surface area (Å²) in [4.78, 5) is 52.2. The molecule has 0 aliphatic heterocycles. The monoisotopic (exact) mass is 459 g/mol. The van der Waals surface area contributed by atoms with Gasteiger partial charge < -0.3 is 43.4 Å². The van der Waals surface area contributed by atoms with Crippen LogP contribution in [0.3, 0.4) is 0 Å². The fraction of sp³-hybridized carbons (Fsp3) is 0.737. The zero-order valence-electron chi connectivity index (χ0n) is 19.0. The summed E-state index contributed by atoms with van der Waals surface area (Å²) in [5.41, 5.74) is 16.2. The highest BCUT2D eigenvalue weighted by atomic mass is 16.4. The van der Waals surface area contributed by atoms with E-state index in [2.05, 4.69) is 20.9 Å². The lowest BCUT2D eigenvalue weighted by atomic mass is 10.0. The molecule has 11 N–H and O–H groups in total. The van der Waals surface area contributed by atoms with Gasteiger partial charge in [-0.1, -0.05) is 13.8 Å². The van der Waals surface area contributed by atoms with Gasteiger partial charge in [0.2, 0.25) is 17.7 Å². The van der Waals surface area contributed by atoms with Crippen LogP contribution in [0.5, 0.6) is 0 Å². The second kappa shape index (κ2) is 14.2. The van der Waals surface area contributed by atoms with Crippen molar-refractivity contribution in [1.82, 2.24) is 16.0 Å². The molecular formula is C19H37N7O6. The lowest BCUT2D eigenvalue weighted by molar-refractivity contribution is -0.142. The zero-order valence-corrected chi connectivity index (χ0v) is 19.0. The van der Waals surface area contributed by atoms with Crippen LogP contribution < -0.4 is 33.2 Å². The molecule has 0 saturated heterocycles. The van der Waals surface area contributed by atoms with E-state index in [1.165, 1.54) is 13.8 Å². The molecule has 0 radical (unpaired) electrons. The third-order valence-electron chi connectivity index (χ3n) is 4.44. The van der Waals surface area contributed by atoms with Crippen molar-refractivity contribution in [2.24, 2.45) is 28.1 Å². The predicted octanol–water partition coefficient (Wildman–Crippen LogP) is -2.65. The van der Waals surface area contributed by atoms with Gasteiger partial charge >= 0.3 is 5.97 Å². The van der Waals surface area contributed by atoms with E-state index in [-0.39, 0.29) is 31.3 Å². The number of carbonyl (C=O) groups excluding carboxylic acids is 3. The van der Waals surface area contributed by atoms with Crippen molar-refractivity contribution < 1.29 is 29.4 Å². The zero-order chi connectivity index (χ0) is 25.0. The topological polar surface area (TPSA) is 235 Å². The summed E-state index contributed by atoms with van der Waals surface area (Å²) >= 11 is 0. The first kappa shape index (κ1) is 29.1. The number of rotatable bonds is 14. The summed E-state index contributed by atoms with van der Waals surface area (Å²) in [5.74, 6) is -3.44. The van der Waals surface area contributed by atoms with Gasteiger partial charge in [0.1, 0.15) is 18.1 Å². The van der Waals surface area contributed by atoms with Crippen LogP contribution in [0.2, 0.25) is 0 Å². The molecule has 0 aliphatic carbocycles. The Bertz CT molecular complexity index is 679. The third kappa shape index (κ3) is 11.5. The van der Waals surface area contributed by atoms with Crippen LogP contribution in [-0.2, 0) is 19.2 Å². The molecule has 0 aromatic carbocycles. The first-order valence-corrected chi connectivity index (χ1v) is 10.4. The first-order chi connectivity index (χ1) is 14.8. The van der Waals surface area contributed by atoms with Crippen LogP contribution in [0.25, 0.3) is 0 Å². The average Bonchev–Trinajstić information content (AvgIpc) is 2.67. The lowest BCUT2D eigenvalue weighted by Gasteiger charge is -2.25.